The van der Waals surface area contributed by atoms with E-state index >= 15 is 0 Å². The van der Waals surface area contributed by atoms with Crippen molar-refractivity contribution in [3.63, 3.8) is 0 Å². The van der Waals surface area contributed by atoms with Crippen LogP contribution >= 0.6 is 0 Å². The van der Waals surface area contributed by atoms with Crippen molar-refractivity contribution in [3.8, 4) is 17.1 Å². The highest BCUT2D eigenvalue weighted by Gasteiger charge is 2.21. The lowest BCUT2D eigenvalue weighted by Gasteiger charge is -2.05. The van der Waals surface area contributed by atoms with E-state index in [9.17, 15) is 9.59 Å². The van der Waals surface area contributed by atoms with Gasteiger partial charge >= 0.3 is 0 Å². The summed E-state index contributed by atoms with van der Waals surface area (Å²) in [4.78, 5) is 26.6. The number of benzene rings is 1. The molecule has 126 valence electrons. The Morgan fingerprint density at radius 1 is 1.38 bits per heavy atom. The summed E-state index contributed by atoms with van der Waals surface area (Å²) in [5.74, 6) is 1.63. The average Bonchev–Trinajstić information content (AvgIpc) is 3.43. The normalized spacial score (nSPS) is 13.5. The number of aromatic nitrogens is 3. The average molecular weight is 328 g/mol. The molecule has 0 unspecified atom stereocenters. The fraction of sp³-hybridized carbons (Fsp3) is 0.412. The molecule has 1 saturated carbocycles. The molecule has 1 amide bonds. The van der Waals surface area contributed by atoms with Crippen molar-refractivity contribution in [1.29, 1.82) is 0 Å². The molecule has 1 aromatic heterocycles. The van der Waals surface area contributed by atoms with Crippen LogP contribution in [0.1, 0.15) is 25.0 Å². The second-order valence-corrected chi connectivity index (χ2v) is 5.93. The van der Waals surface area contributed by atoms with Crippen LogP contribution in [0.3, 0.4) is 0 Å². The summed E-state index contributed by atoms with van der Waals surface area (Å²) in [5, 5.41) is 10.9. The van der Waals surface area contributed by atoms with Crippen LogP contribution in [0.25, 0.3) is 11.4 Å². The number of aryl methyl sites for hydroxylation is 1. The van der Waals surface area contributed by atoms with Gasteiger partial charge in [0.05, 0.1) is 7.11 Å². The Kier molecular flexibility index (Phi) is 4.88. The van der Waals surface area contributed by atoms with Gasteiger partial charge < -0.3 is 15.0 Å². The molecule has 1 fully saturated rings. The van der Waals surface area contributed by atoms with E-state index in [1.807, 2.05) is 18.2 Å². The van der Waals surface area contributed by atoms with E-state index < -0.39 is 0 Å². The fourth-order valence-electron chi connectivity index (χ4n) is 2.32. The maximum absolute atomic E-state index is 12.1. The standard InChI is InChI=1S/C17H20N4O3/c1-24-13-4-2-3-12(9-13)16-19-17(23)14(20-21-16)7-8-15(22)18-10-11-5-6-11/h2-4,9,11H,5-8,10H2,1H3,(H,18,22)(H,19,21,23). The summed E-state index contributed by atoms with van der Waals surface area (Å²) < 4.78 is 5.15. The highest BCUT2D eigenvalue weighted by Crippen LogP contribution is 2.27. The number of ether oxygens (including phenoxy) is 1. The van der Waals surface area contributed by atoms with Gasteiger partial charge in [-0.3, -0.25) is 9.59 Å². The number of rotatable bonds is 7. The van der Waals surface area contributed by atoms with Gasteiger partial charge in [0.25, 0.3) is 5.56 Å². The number of hydrogen-bond acceptors (Lipinski definition) is 5. The summed E-state index contributed by atoms with van der Waals surface area (Å²) in [5.41, 5.74) is 0.661. The van der Waals surface area contributed by atoms with Crippen LogP contribution in [-0.2, 0) is 11.2 Å². The van der Waals surface area contributed by atoms with E-state index in [1.165, 1.54) is 12.8 Å². The van der Waals surface area contributed by atoms with Crippen LogP contribution in [0.2, 0.25) is 0 Å². The highest BCUT2D eigenvalue weighted by atomic mass is 16.5. The molecule has 0 aliphatic heterocycles. The fourth-order valence-corrected chi connectivity index (χ4v) is 2.32. The lowest BCUT2D eigenvalue weighted by atomic mass is 10.2. The number of nitrogens with zero attached hydrogens (tertiary/aromatic N) is 2. The molecule has 1 aromatic carbocycles. The summed E-state index contributed by atoms with van der Waals surface area (Å²) in [7, 11) is 1.57. The molecular formula is C17H20N4O3. The van der Waals surface area contributed by atoms with Gasteiger partial charge in [-0.15, -0.1) is 10.2 Å². The molecule has 2 aromatic rings. The predicted molar refractivity (Wildman–Crippen MR) is 88.7 cm³/mol. The Morgan fingerprint density at radius 3 is 2.92 bits per heavy atom. The zero-order valence-electron chi connectivity index (χ0n) is 13.5. The molecule has 24 heavy (non-hydrogen) atoms. The molecule has 0 bridgehead atoms. The topological polar surface area (TPSA) is 97.0 Å². The number of amides is 1. The Balaban J connectivity index is 1.63. The number of carbonyl (C=O) groups is 1. The number of aromatic amines is 1. The van der Waals surface area contributed by atoms with Crippen molar-refractivity contribution < 1.29 is 9.53 Å². The van der Waals surface area contributed by atoms with E-state index in [0.717, 1.165) is 6.54 Å². The van der Waals surface area contributed by atoms with Gasteiger partial charge in [-0.2, -0.15) is 0 Å². The smallest absolute Gasteiger partial charge is 0.273 e. The van der Waals surface area contributed by atoms with Crippen LogP contribution in [-0.4, -0.2) is 34.7 Å². The first-order chi connectivity index (χ1) is 11.7. The molecule has 0 radical (unpaired) electrons. The van der Waals surface area contributed by atoms with Crippen molar-refractivity contribution >= 4 is 5.91 Å². The monoisotopic (exact) mass is 328 g/mol. The first-order valence-electron chi connectivity index (χ1n) is 8.02. The molecule has 1 aliphatic carbocycles. The molecule has 0 atom stereocenters. The summed E-state index contributed by atoms with van der Waals surface area (Å²) in [6, 6.07) is 7.20. The van der Waals surface area contributed by atoms with Crippen LogP contribution in [0.15, 0.2) is 29.1 Å². The van der Waals surface area contributed by atoms with Gasteiger partial charge in [-0.25, -0.2) is 0 Å². The predicted octanol–water partition coefficient (Wildman–Crippen LogP) is 1.30. The Morgan fingerprint density at radius 2 is 2.21 bits per heavy atom. The number of H-pyrrole nitrogens is 1. The van der Waals surface area contributed by atoms with Crippen molar-refractivity contribution in [3.05, 3.63) is 40.3 Å². The minimum Gasteiger partial charge on any atom is -0.497 e. The van der Waals surface area contributed by atoms with Crippen molar-refractivity contribution in [2.75, 3.05) is 13.7 Å². The van der Waals surface area contributed by atoms with Gasteiger partial charge in [-0.1, -0.05) is 12.1 Å². The van der Waals surface area contributed by atoms with E-state index in [-0.39, 0.29) is 30.0 Å². The maximum atomic E-state index is 12.1. The van der Waals surface area contributed by atoms with Crippen LogP contribution in [0.4, 0.5) is 0 Å². The molecule has 2 N–H and O–H groups in total. The number of hydrogen-bond donors (Lipinski definition) is 2. The van der Waals surface area contributed by atoms with Crippen molar-refractivity contribution in [2.24, 2.45) is 5.92 Å². The SMILES string of the molecule is COc1cccc(-c2nnc(CCC(=O)NCC3CC3)c(=O)[nH]2)c1. The van der Waals surface area contributed by atoms with Crippen LogP contribution in [0.5, 0.6) is 5.75 Å². The van der Waals surface area contributed by atoms with E-state index in [1.54, 1.807) is 13.2 Å². The molecule has 1 heterocycles. The van der Waals surface area contributed by atoms with E-state index in [4.69, 9.17) is 4.74 Å². The Hall–Kier alpha value is -2.70. The zero-order chi connectivity index (χ0) is 16.9. The van der Waals surface area contributed by atoms with Gasteiger partial charge in [0, 0.05) is 24.9 Å². The summed E-state index contributed by atoms with van der Waals surface area (Å²) >= 11 is 0. The minimum absolute atomic E-state index is 0.0556. The number of carbonyl (C=O) groups excluding carboxylic acids is 1. The summed E-state index contributed by atoms with van der Waals surface area (Å²) in [6.07, 6.45) is 2.90. The van der Waals surface area contributed by atoms with Crippen molar-refractivity contribution in [1.82, 2.24) is 20.5 Å². The van der Waals surface area contributed by atoms with E-state index in [2.05, 4.69) is 20.5 Å². The zero-order valence-corrected chi connectivity index (χ0v) is 13.5. The second-order valence-electron chi connectivity index (χ2n) is 5.93. The van der Waals surface area contributed by atoms with Gasteiger partial charge in [0.15, 0.2) is 5.82 Å². The van der Waals surface area contributed by atoms with Crippen molar-refractivity contribution in [2.45, 2.75) is 25.7 Å². The van der Waals surface area contributed by atoms with Gasteiger partial charge in [0.1, 0.15) is 11.4 Å². The molecule has 0 spiro atoms. The summed E-state index contributed by atoms with van der Waals surface area (Å²) in [6.45, 7) is 0.732. The minimum atomic E-state index is -0.321. The number of methoxy groups -OCH3 is 1. The third kappa shape index (κ3) is 4.18. The first-order valence-corrected chi connectivity index (χ1v) is 8.02. The highest BCUT2D eigenvalue weighted by molar-refractivity contribution is 5.76. The third-order valence-corrected chi connectivity index (χ3v) is 3.98. The number of nitrogens with one attached hydrogen (secondary N) is 2. The lowest BCUT2D eigenvalue weighted by molar-refractivity contribution is -0.121. The first kappa shape index (κ1) is 16.2. The quantitative estimate of drug-likeness (QED) is 0.798. The molecule has 1 aliphatic rings. The largest absolute Gasteiger partial charge is 0.497 e. The van der Waals surface area contributed by atoms with Gasteiger partial charge in [-0.05, 0) is 30.9 Å². The lowest BCUT2D eigenvalue weighted by Crippen LogP contribution is -2.27. The third-order valence-electron chi connectivity index (χ3n) is 3.98. The Labute approximate surface area is 139 Å². The van der Waals surface area contributed by atoms with Crippen LogP contribution < -0.4 is 15.6 Å². The molecule has 3 rings (SSSR count). The van der Waals surface area contributed by atoms with Gasteiger partial charge in [0.2, 0.25) is 5.91 Å². The molecule has 0 saturated heterocycles. The maximum Gasteiger partial charge on any atom is 0.273 e. The molecule has 7 heteroatoms. The molecule has 7 nitrogen and oxygen atoms in total. The van der Waals surface area contributed by atoms with E-state index in [0.29, 0.717) is 23.1 Å². The van der Waals surface area contributed by atoms with Crippen LogP contribution in [0, 0.1) is 5.92 Å². The second kappa shape index (κ2) is 7.25. The Bertz CT molecular complexity index is 783. The molecular weight excluding hydrogens is 308 g/mol.